The van der Waals surface area contributed by atoms with Gasteiger partial charge in [0.15, 0.2) is 5.78 Å². The summed E-state index contributed by atoms with van der Waals surface area (Å²) in [5.41, 5.74) is 1.74. The second kappa shape index (κ2) is 8.02. The Morgan fingerprint density at radius 3 is 2.77 bits per heavy atom. The van der Waals surface area contributed by atoms with Crippen LogP contribution in [0, 0.1) is 11.7 Å². The average Bonchev–Trinajstić information content (AvgIpc) is 2.51. The zero-order valence-electron chi connectivity index (χ0n) is 13.4. The summed E-state index contributed by atoms with van der Waals surface area (Å²) in [6.45, 7) is 4.05. The number of fused-ring (bicyclic) bond motifs is 1. The van der Waals surface area contributed by atoms with Crippen molar-refractivity contribution in [2.75, 3.05) is 0 Å². The van der Waals surface area contributed by atoms with E-state index in [1.54, 1.807) is 6.07 Å². The van der Waals surface area contributed by atoms with Crippen molar-refractivity contribution in [2.45, 2.75) is 52.4 Å². The standard InChI is InChI=1S/C19H24FNO/c1-3-4-5-6-7-8-9-10-17-14(2)19(22)16-13-15(20)11-12-18(16)21-17/h9-14H,3-8H2,1-2H3. The van der Waals surface area contributed by atoms with E-state index < -0.39 is 0 Å². The molecule has 3 heteroatoms. The van der Waals surface area contributed by atoms with Crippen LogP contribution < -0.4 is 0 Å². The van der Waals surface area contributed by atoms with E-state index in [2.05, 4.69) is 18.0 Å². The summed E-state index contributed by atoms with van der Waals surface area (Å²) >= 11 is 0. The van der Waals surface area contributed by atoms with Crippen LogP contribution in [0.15, 0.2) is 35.3 Å². The molecule has 0 radical (unpaired) electrons. The van der Waals surface area contributed by atoms with Gasteiger partial charge in [-0.3, -0.25) is 9.79 Å². The lowest BCUT2D eigenvalue weighted by molar-refractivity contribution is 0.0960. The lowest BCUT2D eigenvalue weighted by Crippen LogP contribution is -2.23. The van der Waals surface area contributed by atoms with Crippen molar-refractivity contribution in [1.82, 2.24) is 0 Å². The fourth-order valence-electron chi connectivity index (χ4n) is 2.66. The summed E-state index contributed by atoms with van der Waals surface area (Å²) < 4.78 is 13.3. The molecule has 1 heterocycles. The highest BCUT2D eigenvalue weighted by Crippen LogP contribution is 2.29. The Morgan fingerprint density at radius 2 is 2.00 bits per heavy atom. The van der Waals surface area contributed by atoms with Gasteiger partial charge in [-0.05, 0) is 44.0 Å². The van der Waals surface area contributed by atoms with E-state index in [0.29, 0.717) is 11.3 Å². The fraction of sp³-hybridized carbons (Fsp3) is 0.474. The Morgan fingerprint density at radius 1 is 1.23 bits per heavy atom. The van der Waals surface area contributed by atoms with Crippen LogP contribution in [0.25, 0.3) is 0 Å². The number of halogens is 1. The number of aliphatic imine (C=N–C) groups is 1. The van der Waals surface area contributed by atoms with Gasteiger partial charge in [0.05, 0.1) is 17.3 Å². The minimum absolute atomic E-state index is 0.0490. The lowest BCUT2D eigenvalue weighted by atomic mass is 9.90. The quantitative estimate of drug-likeness (QED) is 0.599. The molecule has 0 aliphatic carbocycles. The van der Waals surface area contributed by atoms with Crippen LogP contribution in [-0.4, -0.2) is 11.5 Å². The molecule has 0 aromatic heterocycles. The lowest BCUT2D eigenvalue weighted by Gasteiger charge is -2.18. The van der Waals surface area contributed by atoms with Gasteiger partial charge >= 0.3 is 0 Å². The molecule has 0 bridgehead atoms. The first-order chi connectivity index (χ1) is 10.6. The number of rotatable bonds is 7. The van der Waals surface area contributed by atoms with Gasteiger partial charge in [0, 0.05) is 5.56 Å². The number of hydrogen-bond acceptors (Lipinski definition) is 2. The van der Waals surface area contributed by atoms with Gasteiger partial charge in [-0.15, -0.1) is 0 Å². The number of allylic oxidation sites excluding steroid dienone is 2. The molecule has 2 rings (SSSR count). The van der Waals surface area contributed by atoms with Crippen molar-refractivity contribution in [1.29, 1.82) is 0 Å². The Labute approximate surface area is 132 Å². The van der Waals surface area contributed by atoms with Gasteiger partial charge in [-0.2, -0.15) is 0 Å². The molecule has 0 N–H and O–H groups in total. The van der Waals surface area contributed by atoms with Crippen LogP contribution in [0.2, 0.25) is 0 Å². The van der Waals surface area contributed by atoms with Gasteiger partial charge in [-0.25, -0.2) is 4.39 Å². The molecular weight excluding hydrogens is 277 g/mol. The second-order valence-corrected chi connectivity index (χ2v) is 5.89. The van der Waals surface area contributed by atoms with E-state index in [1.165, 1.54) is 44.2 Å². The average molecular weight is 301 g/mol. The molecule has 22 heavy (non-hydrogen) atoms. The largest absolute Gasteiger partial charge is 0.293 e. The number of ketones is 1. The van der Waals surface area contributed by atoms with Gasteiger partial charge in [0.2, 0.25) is 0 Å². The van der Waals surface area contributed by atoms with E-state index in [9.17, 15) is 9.18 Å². The van der Waals surface area contributed by atoms with Gasteiger partial charge in [0.1, 0.15) is 5.82 Å². The predicted molar refractivity (Wildman–Crippen MR) is 89.5 cm³/mol. The van der Waals surface area contributed by atoms with Crippen molar-refractivity contribution < 1.29 is 9.18 Å². The van der Waals surface area contributed by atoms with Gasteiger partial charge in [0.25, 0.3) is 0 Å². The Hall–Kier alpha value is -1.77. The summed E-state index contributed by atoms with van der Waals surface area (Å²) in [7, 11) is 0. The number of hydrogen-bond donors (Lipinski definition) is 0. The van der Waals surface area contributed by atoms with Crippen molar-refractivity contribution in [3.05, 3.63) is 41.7 Å². The summed E-state index contributed by atoms with van der Waals surface area (Å²) in [4.78, 5) is 16.8. The molecule has 1 aromatic rings. The maximum absolute atomic E-state index is 13.3. The zero-order valence-corrected chi connectivity index (χ0v) is 13.4. The van der Waals surface area contributed by atoms with Crippen LogP contribution in [0.4, 0.5) is 10.1 Å². The van der Waals surface area contributed by atoms with Gasteiger partial charge < -0.3 is 0 Å². The molecule has 0 saturated heterocycles. The molecule has 0 fully saturated rings. The Kier molecular flexibility index (Phi) is 6.05. The molecule has 1 aromatic carbocycles. The van der Waals surface area contributed by atoms with Crippen LogP contribution in [0.5, 0.6) is 0 Å². The molecule has 1 unspecified atom stereocenters. The number of Topliss-reactive ketones (excluding diaryl/α,β-unsaturated/α-hetero) is 1. The minimum atomic E-state index is -0.388. The first-order valence-electron chi connectivity index (χ1n) is 8.22. The van der Waals surface area contributed by atoms with E-state index in [4.69, 9.17) is 0 Å². The molecule has 0 amide bonds. The molecular formula is C19H24FNO. The number of benzene rings is 1. The first kappa shape index (κ1) is 16.6. The minimum Gasteiger partial charge on any atom is -0.293 e. The van der Waals surface area contributed by atoms with Crippen molar-refractivity contribution in [3.63, 3.8) is 0 Å². The number of nitrogens with zero attached hydrogens (tertiary/aromatic N) is 1. The SMILES string of the molecule is CCCCCCCC=CC1=Nc2ccc(F)cc2C(=O)C1C. The predicted octanol–water partition coefficient (Wildman–Crippen LogP) is 5.65. The Balaban J connectivity index is 1.99. The summed E-state index contributed by atoms with van der Waals surface area (Å²) in [5.74, 6) is -0.738. The summed E-state index contributed by atoms with van der Waals surface area (Å²) in [6, 6.07) is 4.21. The smallest absolute Gasteiger partial charge is 0.173 e. The van der Waals surface area contributed by atoms with E-state index in [0.717, 1.165) is 12.1 Å². The maximum atomic E-state index is 13.3. The van der Waals surface area contributed by atoms with Crippen LogP contribution >= 0.6 is 0 Å². The third-order valence-electron chi connectivity index (χ3n) is 4.07. The highest BCUT2D eigenvalue weighted by atomic mass is 19.1. The van der Waals surface area contributed by atoms with Crippen molar-refractivity contribution in [3.8, 4) is 0 Å². The highest BCUT2D eigenvalue weighted by Gasteiger charge is 2.26. The van der Waals surface area contributed by atoms with Gasteiger partial charge in [-0.1, -0.05) is 38.7 Å². The third-order valence-corrected chi connectivity index (χ3v) is 4.07. The van der Waals surface area contributed by atoms with Crippen LogP contribution in [-0.2, 0) is 0 Å². The maximum Gasteiger partial charge on any atom is 0.173 e. The second-order valence-electron chi connectivity index (χ2n) is 5.89. The van der Waals surface area contributed by atoms with Crippen molar-refractivity contribution >= 4 is 17.2 Å². The molecule has 118 valence electrons. The zero-order chi connectivity index (χ0) is 15.9. The number of carbonyl (C=O) groups is 1. The highest BCUT2D eigenvalue weighted by molar-refractivity contribution is 6.20. The molecule has 1 atom stereocenters. The third kappa shape index (κ3) is 4.12. The monoisotopic (exact) mass is 301 g/mol. The Bertz CT molecular complexity index is 589. The summed E-state index contributed by atoms with van der Waals surface area (Å²) in [5, 5.41) is 0. The molecule has 0 spiro atoms. The first-order valence-corrected chi connectivity index (χ1v) is 8.22. The van der Waals surface area contributed by atoms with Crippen LogP contribution in [0.1, 0.15) is 62.7 Å². The summed E-state index contributed by atoms with van der Waals surface area (Å²) in [6.07, 6.45) is 11.3. The van der Waals surface area contributed by atoms with E-state index >= 15 is 0 Å². The molecule has 2 nitrogen and oxygen atoms in total. The molecule has 1 aliphatic heterocycles. The molecule has 0 saturated carbocycles. The van der Waals surface area contributed by atoms with Crippen LogP contribution in [0.3, 0.4) is 0 Å². The van der Waals surface area contributed by atoms with Crippen molar-refractivity contribution in [2.24, 2.45) is 10.9 Å². The normalized spacial score (nSPS) is 17.7. The fourth-order valence-corrected chi connectivity index (χ4v) is 2.66. The number of carbonyl (C=O) groups excluding carboxylic acids is 1. The van der Waals surface area contributed by atoms with E-state index in [-0.39, 0.29) is 17.5 Å². The topological polar surface area (TPSA) is 29.4 Å². The molecule has 1 aliphatic rings. The van der Waals surface area contributed by atoms with E-state index in [1.807, 2.05) is 13.0 Å². The number of unbranched alkanes of at least 4 members (excludes halogenated alkanes) is 5.